The van der Waals surface area contributed by atoms with E-state index in [1.54, 1.807) is 0 Å². The Hall–Kier alpha value is -1.67. The van der Waals surface area contributed by atoms with E-state index in [4.69, 9.17) is 5.73 Å². The zero-order valence-electron chi connectivity index (χ0n) is 10.2. The van der Waals surface area contributed by atoms with Crippen LogP contribution in [0, 0.1) is 6.92 Å². The molecule has 2 N–H and O–H groups in total. The first kappa shape index (κ1) is 11.8. The van der Waals surface area contributed by atoms with Crippen LogP contribution in [0.15, 0.2) is 42.7 Å². The van der Waals surface area contributed by atoms with Gasteiger partial charge in [-0.05, 0) is 54.6 Å². The average Bonchev–Trinajstić information content (AvgIpc) is 2.37. The summed E-state index contributed by atoms with van der Waals surface area (Å²) in [6, 6.07) is 10.5. The molecule has 0 amide bonds. The normalized spacial score (nSPS) is 10.5. The van der Waals surface area contributed by atoms with Gasteiger partial charge >= 0.3 is 0 Å². The second-order valence-corrected chi connectivity index (χ2v) is 4.24. The van der Waals surface area contributed by atoms with Gasteiger partial charge in [0.1, 0.15) is 0 Å². The minimum Gasteiger partial charge on any atom is -0.330 e. The van der Waals surface area contributed by atoms with Crippen LogP contribution in [0.25, 0.3) is 11.1 Å². The van der Waals surface area contributed by atoms with Crippen LogP contribution in [0.3, 0.4) is 0 Å². The maximum atomic E-state index is 5.57. The fourth-order valence-corrected chi connectivity index (χ4v) is 2.06. The van der Waals surface area contributed by atoms with Gasteiger partial charge in [0.2, 0.25) is 0 Å². The summed E-state index contributed by atoms with van der Waals surface area (Å²) >= 11 is 0. The van der Waals surface area contributed by atoms with Crippen molar-refractivity contribution in [1.29, 1.82) is 0 Å². The highest BCUT2D eigenvalue weighted by atomic mass is 14.6. The van der Waals surface area contributed by atoms with Crippen LogP contribution in [0.1, 0.15) is 17.5 Å². The molecule has 0 spiro atoms. The van der Waals surface area contributed by atoms with Gasteiger partial charge in [-0.25, -0.2) is 0 Å². The fourth-order valence-electron chi connectivity index (χ4n) is 2.06. The highest BCUT2D eigenvalue weighted by Crippen LogP contribution is 2.26. The number of pyridine rings is 1. The van der Waals surface area contributed by atoms with E-state index in [9.17, 15) is 0 Å². The maximum absolute atomic E-state index is 5.57. The van der Waals surface area contributed by atoms with Crippen molar-refractivity contribution < 1.29 is 0 Å². The first-order valence-corrected chi connectivity index (χ1v) is 6.02. The van der Waals surface area contributed by atoms with Gasteiger partial charge in [-0.2, -0.15) is 0 Å². The molecule has 0 aliphatic carbocycles. The molecule has 1 aromatic carbocycles. The highest BCUT2D eigenvalue weighted by Gasteiger charge is 2.06. The van der Waals surface area contributed by atoms with E-state index in [-0.39, 0.29) is 0 Å². The van der Waals surface area contributed by atoms with Gasteiger partial charge in [-0.1, -0.05) is 24.3 Å². The summed E-state index contributed by atoms with van der Waals surface area (Å²) in [5.74, 6) is 0. The number of aromatic nitrogens is 1. The standard InChI is InChI=1S/C15H18N2/c1-12-5-2-3-7-14(12)15-8-10-17-11-13(15)6-4-9-16/h2-3,5,7-8,10-11H,4,6,9,16H2,1H3. The van der Waals surface area contributed by atoms with Crippen LogP contribution in [-0.4, -0.2) is 11.5 Å². The fraction of sp³-hybridized carbons (Fsp3) is 0.267. The molecule has 0 unspecified atom stereocenters. The highest BCUT2D eigenvalue weighted by molar-refractivity contribution is 5.69. The largest absolute Gasteiger partial charge is 0.330 e. The summed E-state index contributed by atoms with van der Waals surface area (Å²) in [7, 11) is 0. The Bertz CT molecular complexity index is 492. The molecule has 0 aliphatic heterocycles. The molecular weight excluding hydrogens is 208 g/mol. The molecule has 0 saturated heterocycles. The molecule has 2 heteroatoms. The van der Waals surface area contributed by atoms with Gasteiger partial charge in [-0.15, -0.1) is 0 Å². The van der Waals surface area contributed by atoms with Crippen molar-refractivity contribution in [2.75, 3.05) is 6.54 Å². The molecule has 1 heterocycles. The smallest absolute Gasteiger partial charge is 0.0306 e. The Morgan fingerprint density at radius 2 is 1.94 bits per heavy atom. The minimum absolute atomic E-state index is 0.724. The van der Waals surface area contributed by atoms with Crippen LogP contribution in [0.5, 0.6) is 0 Å². The first-order valence-electron chi connectivity index (χ1n) is 6.02. The van der Waals surface area contributed by atoms with Crippen LogP contribution in [-0.2, 0) is 6.42 Å². The third kappa shape index (κ3) is 2.71. The third-order valence-electron chi connectivity index (χ3n) is 2.99. The molecule has 0 aliphatic rings. The summed E-state index contributed by atoms with van der Waals surface area (Å²) in [4.78, 5) is 4.21. The SMILES string of the molecule is Cc1ccccc1-c1ccncc1CCCN. The lowest BCUT2D eigenvalue weighted by Gasteiger charge is -2.11. The van der Waals surface area contributed by atoms with E-state index in [2.05, 4.69) is 42.2 Å². The molecule has 2 nitrogen and oxygen atoms in total. The van der Waals surface area contributed by atoms with E-state index in [0.29, 0.717) is 0 Å². The molecule has 17 heavy (non-hydrogen) atoms. The van der Waals surface area contributed by atoms with Crippen LogP contribution >= 0.6 is 0 Å². The Morgan fingerprint density at radius 3 is 2.71 bits per heavy atom. The monoisotopic (exact) mass is 226 g/mol. The van der Waals surface area contributed by atoms with Crippen molar-refractivity contribution in [2.24, 2.45) is 5.73 Å². The molecule has 2 aromatic rings. The molecule has 2 rings (SSSR count). The molecule has 0 saturated carbocycles. The number of nitrogens with two attached hydrogens (primary N) is 1. The van der Waals surface area contributed by atoms with Crippen molar-refractivity contribution in [3.05, 3.63) is 53.9 Å². The molecular formula is C15H18N2. The van der Waals surface area contributed by atoms with Crippen LogP contribution < -0.4 is 5.73 Å². The van der Waals surface area contributed by atoms with Gasteiger partial charge in [0.05, 0.1) is 0 Å². The lowest BCUT2D eigenvalue weighted by molar-refractivity contribution is 0.830. The maximum Gasteiger partial charge on any atom is 0.0306 e. The Balaban J connectivity index is 2.41. The molecule has 0 bridgehead atoms. The van der Waals surface area contributed by atoms with Crippen molar-refractivity contribution in [3.8, 4) is 11.1 Å². The predicted octanol–water partition coefficient (Wildman–Crippen LogP) is 2.95. The zero-order valence-corrected chi connectivity index (χ0v) is 10.2. The van der Waals surface area contributed by atoms with Crippen LogP contribution in [0.2, 0.25) is 0 Å². The van der Waals surface area contributed by atoms with Crippen molar-refractivity contribution >= 4 is 0 Å². The number of rotatable bonds is 4. The topological polar surface area (TPSA) is 38.9 Å². The second-order valence-electron chi connectivity index (χ2n) is 4.24. The Labute approximate surface area is 103 Å². The van der Waals surface area contributed by atoms with Gasteiger partial charge in [0.15, 0.2) is 0 Å². The number of aryl methyl sites for hydroxylation is 2. The summed E-state index contributed by atoms with van der Waals surface area (Å²) in [5, 5.41) is 0. The minimum atomic E-state index is 0.724. The van der Waals surface area contributed by atoms with Crippen LogP contribution in [0.4, 0.5) is 0 Å². The van der Waals surface area contributed by atoms with Crippen molar-refractivity contribution in [3.63, 3.8) is 0 Å². The van der Waals surface area contributed by atoms with Crippen molar-refractivity contribution in [1.82, 2.24) is 4.98 Å². The number of benzene rings is 1. The van der Waals surface area contributed by atoms with E-state index in [0.717, 1.165) is 19.4 Å². The van der Waals surface area contributed by atoms with E-state index < -0.39 is 0 Å². The molecule has 0 fully saturated rings. The molecule has 0 atom stereocenters. The number of nitrogens with zero attached hydrogens (tertiary/aromatic N) is 1. The average molecular weight is 226 g/mol. The summed E-state index contributed by atoms with van der Waals surface area (Å²) < 4.78 is 0. The van der Waals surface area contributed by atoms with Gasteiger partial charge in [-0.3, -0.25) is 4.98 Å². The summed E-state index contributed by atoms with van der Waals surface area (Å²) in [6.45, 7) is 2.87. The molecule has 0 radical (unpaired) electrons. The number of hydrogen-bond acceptors (Lipinski definition) is 2. The summed E-state index contributed by atoms with van der Waals surface area (Å²) in [6.07, 6.45) is 5.81. The lowest BCUT2D eigenvalue weighted by atomic mass is 9.95. The zero-order chi connectivity index (χ0) is 12.1. The Morgan fingerprint density at radius 1 is 1.12 bits per heavy atom. The summed E-state index contributed by atoms with van der Waals surface area (Å²) in [5.41, 5.74) is 10.7. The molecule has 1 aromatic heterocycles. The van der Waals surface area contributed by atoms with Gasteiger partial charge in [0, 0.05) is 12.4 Å². The third-order valence-corrected chi connectivity index (χ3v) is 2.99. The van der Waals surface area contributed by atoms with E-state index in [1.165, 1.54) is 22.3 Å². The van der Waals surface area contributed by atoms with Gasteiger partial charge < -0.3 is 5.73 Å². The predicted molar refractivity (Wildman–Crippen MR) is 71.8 cm³/mol. The lowest BCUT2D eigenvalue weighted by Crippen LogP contribution is -2.01. The Kier molecular flexibility index (Phi) is 3.89. The molecule has 88 valence electrons. The van der Waals surface area contributed by atoms with Gasteiger partial charge in [0.25, 0.3) is 0 Å². The quantitative estimate of drug-likeness (QED) is 0.870. The van der Waals surface area contributed by atoms with E-state index in [1.807, 2.05) is 12.4 Å². The second kappa shape index (κ2) is 5.60. The first-order chi connectivity index (χ1) is 8.33. The number of hydrogen-bond donors (Lipinski definition) is 1. The van der Waals surface area contributed by atoms with Crippen molar-refractivity contribution in [2.45, 2.75) is 19.8 Å². The van der Waals surface area contributed by atoms with E-state index >= 15 is 0 Å².